The Morgan fingerprint density at radius 2 is 1.91 bits per heavy atom. The van der Waals surface area contributed by atoms with Gasteiger partial charge in [-0.05, 0) is 30.5 Å². The fourth-order valence-corrected chi connectivity index (χ4v) is 4.22. The van der Waals surface area contributed by atoms with Crippen LogP contribution in [-0.4, -0.2) is 45.6 Å². The van der Waals surface area contributed by atoms with Crippen LogP contribution in [0.15, 0.2) is 59.5 Å². The molecule has 0 aliphatic carbocycles. The second-order valence-electron chi connectivity index (χ2n) is 7.80. The van der Waals surface area contributed by atoms with Crippen molar-refractivity contribution >= 4 is 5.91 Å². The second kappa shape index (κ2) is 7.99. The van der Waals surface area contributed by atoms with E-state index >= 15 is 0 Å². The highest BCUT2D eigenvalue weighted by molar-refractivity contribution is 5.96. The predicted octanol–water partition coefficient (Wildman–Crippen LogP) is 2.40. The van der Waals surface area contributed by atoms with Gasteiger partial charge in [-0.2, -0.15) is 9.89 Å². The minimum Gasteiger partial charge on any atom is -0.502 e. The SMILES string of the molecule is O=C1c2c(O)c(=O)cnn2N2CN1CCCCOc1cc(F)ccc1C2c1ccccc1. The maximum atomic E-state index is 14.1. The smallest absolute Gasteiger partial charge is 0.279 e. The van der Waals surface area contributed by atoms with E-state index in [9.17, 15) is 19.1 Å². The van der Waals surface area contributed by atoms with Crippen LogP contribution in [0.25, 0.3) is 0 Å². The van der Waals surface area contributed by atoms with Gasteiger partial charge in [-0.15, -0.1) is 0 Å². The molecule has 0 fully saturated rings. The number of carbonyl (C=O) groups is 1. The van der Waals surface area contributed by atoms with Crippen LogP contribution >= 0.6 is 0 Å². The van der Waals surface area contributed by atoms with Gasteiger partial charge in [0.25, 0.3) is 5.91 Å². The summed E-state index contributed by atoms with van der Waals surface area (Å²) < 4.78 is 20.1. The third-order valence-corrected chi connectivity index (χ3v) is 5.75. The molecule has 2 aromatic carbocycles. The molecule has 0 saturated carbocycles. The number of aromatic nitrogens is 2. The van der Waals surface area contributed by atoms with Gasteiger partial charge in [0.2, 0.25) is 5.43 Å². The van der Waals surface area contributed by atoms with E-state index in [0.29, 0.717) is 37.3 Å². The van der Waals surface area contributed by atoms with Gasteiger partial charge >= 0.3 is 0 Å². The molecule has 1 atom stereocenters. The molecule has 0 saturated heterocycles. The number of hydrogen-bond acceptors (Lipinski definition) is 6. The molecule has 164 valence electrons. The van der Waals surface area contributed by atoms with Crippen molar-refractivity contribution in [2.45, 2.75) is 18.9 Å². The lowest BCUT2D eigenvalue weighted by Crippen LogP contribution is -2.56. The average molecular weight is 436 g/mol. The number of halogens is 1. The molecule has 1 N–H and O–H groups in total. The molecule has 2 bridgehead atoms. The molecule has 3 aromatic rings. The minimum atomic E-state index is -0.724. The topological polar surface area (TPSA) is 87.9 Å². The van der Waals surface area contributed by atoms with E-state index in [1.807, 2.05) is 30.3 Å². The summed E-state index contributed by atoms with van der Waals surface area (Å²) in [4.78, 5) is 28.1. The van der Waals surface area contributed by atoms with Crippen LogP contribution in [0.2, 0.25) is 0 Å². The van der Waals surface area contributed by atoms with Gasteiger partial charge in [-0.25, -0.2) is 4.39 Å². The molecular formula is C23H21FN4O4. The summed E-state index contributed by atoms with van der Waals surface area (Å²) in [5.74, 6) is -1.12. The fourth-order valence-electron chi connectivity index (χ4n) is 4.22. The van der Waals surface area contributed by atoms with E-state index in [0.717, 1.165) is 11.8 Å². The number of nitrogens with zero attached hydrogens (tertiary/aromatic N) is 4. The van der Waals surface area contributed by atoms with Gasteiger partial charge in [0, 0.05) is 18.2 Å². The molecule has 32 heavy (non-hydrogen) atoms. The molecule has 8 nitrogen and oxygen atoms in total. The largest absolute Gasteiger partial charge is 0.502 e. The molecule has 0 spiro atoms. The predicted molar refractivity (Wildman–Crippen MR) is 114 cm³/mol. The van der Waals surface area contributed by atoms with Gasteiger partial charge in [-0.3, -0.25) is 14.6 Å². The van der Waals surface area contributed by atoms with Crippen molar-refractivity contribution in [1.29, 1.82) is 0 Å². The van der Waals surface area contributed by atoms with E-state index in [-0.39, 0.29) is 12.4 Å². The Bertz CT molecular complexity index is 1230. The molecule has 9 heteroatoms. The molecular weight excluding hydrogens is 415 g/mol. The first-order chi connectivity index (χ1) is 15.5. The van der Waals surface area contributed by atoms with Crippen LogP contribution in [0.3, 0.4) is 0 Å². The first kappa shape index (κ1) is 20.0. The Labute approximate surface area is 183 Å². The van der Waals surface area contributed by atoms with Crippen LogP contribution in [-0.2, 0) is 0 Å². The number of amides is 1. The maximum Gasteiger partial charge on any atom is 0.279 e. The number of aromatic hydroxyl groups is 1. The summed E-state index contributed by atoms with van der Waals surface area (Å²) in [7, 11) is 0. The highest BCUT2D eigenvalue weighted by Gasteiger charge is 2.38. The first-order valence-corrected chi connectivity index (χ1v) is 10.4. The highest BCUT2D eigenvalue weighted by Crippen LogP contribution is 2.37. The summed E-state index contributed by atoms with van der Waals surface area (Å²) in [5.41, 5.74) is 0.620. The number of benzene rings is 2. The Morgan fingerprint density at radius 3 is 2.72 bits per heavy atom. The van der Waals surface area contributed by atoms with Crippen LogP contribution in [0.4, 0.5) is 4.39 Å². The van der Waals surface area contributed by atoms with Crippen LogP contribution in [0, 0.1) is 5.82 Å². The van der Waals surface area contributed by atoms with Crippen molar-refractivity contribution in [3.05, 3.63) is 87.6 Å². The number of hydrogen-bond donors (Lipinski definition) is 1. The summed E-state index contributed by atoms with van der Waals surface area (Å²) in [6.07, 6.45) is 2.28. The minimum absolute atomic E-state index is 0.164. The third-order valence-electron chi connectivity index (χ3n) is 5.75. The van der Waals surface area contributed by atoms with Crippen molar-refractivity contribution in [2.24, 2.45) is 0 Å². The maximum absolute atomic E-state index is 14.1. The lowest BCUT2D eigenvalue weighted by Gasteiger charge is -2.42. The Balaban J connectivity index is 1.79. The Kier molecular flexibility index (Phi) is 5.01. The van der Waals surface area contributed by atoms with E-state index < -0.39 is 28.9 Å². The first-order valence-electron chi connectivity index (χ1n) is 10.4. The van der Waals surface area contributed by atoms with Gasteiger partial charge in [0.15, 0.2) is 11.4 Å². The number of ether oxygens (including phenoxy) is 1. The van der Waals surface area contributed by atoms with Crippen molar-refractivity contribution < 1.29 is 19.0 Å². The van der Waals surface area contributed by atoms with Crippen molar-refractivity contribution in [1.82, 2.24) is 14.8 Å². The quantitative estimate of drug-likeness (QED) is 0.630. The van der Waals surface area contributed by atoms with Gasteiger partial charge in [-0.1, -0.05) is 30.3 Å². The third kappa shape index (κ3) is 3.35. The fraction of sp³-hybridized carbons (Fsp3) is 0.261. The van der Waals surface area contributed by atoms with E-state index in [1.54, 1.807) is 16.0 Å². The van der Waals surface area contributed by atoms with E-state index in [2.05, 4.69) is 5.10 Å². The summed E-state index contributed by atoms with van der Waals surface area (Å²) in [6.45, 7) is 0.944. The van der Waals surface area contributed by atoms with Crippen LogP contribution in [0.5, 0.6) is 11.5 Å². The summed E-state index contributed by atoms with van der Waals surface area (Å²) >= 11 is 0. The zero-order valence-corrected chi connectivity index (χ0v) is 17.1. The average Bonchev–Trinajstić information content (AvgIpc) is 2.82. The molecule has 1 unspecified atom stereocenters. The van der Waals surface area contributed by atoms with Crippen LogP contribution < -0.4 is 15.2 Å². The van der Waals surface area contributed by atoms with E-state index in [4.69, 9.17) is 4.74 Å². The zero-order chi connectivity index (χ0) is 22.2. The van der Waals surface area contributed by atoms with E-state index in [1.165, 1.54) is 16.9 Å². The second-order valence-corrected chi connectivity index (χ2v) is 7.80. The molecule has 5 rings (SSSR count). The Morgan fingerprint density at radius 1 is 1.09 bits per heavy atom. The zero-order valence-electron chi connectivity index (χ0n) is 17.1. The van der Waals surface area contributed by atoms with Crippen molar-refractivity contribution in [2.75, 3.05) is 24.8 Å². The molecule has 0 radical (unpaired) electrons. The van der Waals surface area contributed by atoms with Crippen molar-refractivity contribution in [3.8, 4) is 11.5 Å². The molecule has 1 amide bonds. The lowest BCUT2D eigenvalue weighted by molar-refractivity contribution is 0.0664. The summed E-state index contributed by atoms with van der Waals surface area (Å²) in [5, 5.41) is 16.4. The lowest BCUT2D eigenvalue weighted by atomic mass is 9.97. The van der Waals surface area contributed by atoms with Gasteiger partial charge < -0.3 is 14.7 Å². The van der Waals surface area contributed by atoms with Crippen molar-refractivity contribution in [3.63, 3.8) is 0 Å². The molecule has 3 heterocycles. The number of carbonyl (C=O) groups excluding carboxylic acids is 1. The standard InChI is InChI=1S/C23H21FN4O4/c24-16-8-9-17-19(12-16)32-11-5-4-10-26-14-27(20(17)15-6-2-1-3-7-15)28-21(23(26)31)22(30)18(29)13-25-28/h1-3,6-9,12-13,20,30H,4-5,10-11,14H2. The van der Waals surface area contributed by atoms with Crippen LogP contribution in [0.1, 0.15) is 40.5 Å². The molecule has 2 aliphatic rings. The highest BCUT2D eigenvalue weighted by atomic mass is 19.1. The Hall–Kier alpha value is -3.88. The number of rotatable bonds is 1. The molecule has 2 aliphatic heterocycles. The number of fused-ring (bicyclic) bond motifs is 5. The van der Waals surface area contributed by atoms with Gasteiger partial charge in [0.1, 0.15) is 30.5 Å². The normalized spacial score (nSPS) is 18.3. The monoisotopic (exact) mass is 436 g/mol. The summed E-state index contributed by atoms with van der Waals surface area (Å²) in [6, 6.07) is 13.3. The van der Waals surface area contributed by atoms with Gasteiger partial charge in [0.05, 0.1) is 6.61 Å². The molecule has 1 aromatic heterocycles.